The van der Waals surface area contributed by atoms with Crippen LogP contribution >= 0.6 is 0 Å². The van der Waals surface area contributed by atoms with Crippen molar-refractivity contribution < 1.29 is 50.7 Å². The van der Waals surface area contributed by atoms with Crippen molar-refractivity contribution in [2.24, 2.45) is 16.5 Å². The summed E-state index contributed by atoms with van der Waals surface area (Å²) in [6.45, 7) is 17.1. The first-order chi connectivity index (χ1) is 15.7. The van der Waals surface area contributed by atoms with Gasteiger partial charge in [0, 0.05) is 76.3 Å². The summed E-state index contributed by atoms with van der Waals surface area (Å²) in [6, 6.07) is 2.26. The molecule has 0 saturated heterocycles. The standard InChI is InChI=1S/C26H36N2O2.H2NO2S.Rf.Y/c1-15(2)20-13-19(10-16(20)3)24(29)21-14-27-18(5)12-22(21)28(8)23-11-17(4)25(30-9)26(23,6)7;1-4(2)3;;/h12-14,17,23,25H,4,10-11H2,1-3,5-9H3;(H2,1,2,3);;/q-2;-1;;/t17?,23-,25-;;;/m1.../s1. The number of nitrogens with two attached hydrogens (primary N) is 1. The van der Waals surface area contributed by atoms with Gasteiger partial charge in [0.2, 0.25) is 0 Å². The van der Waals surface area contributed by atoms with Gasteiger partial charge < -0.3 is 30.1 Å². The van der Waals surface area contributed by atoms with Crippen molar-refractivity contribution in [1.82, 2.24) is 4.98 Å². The molecule has 2 aliphatic carbocycles. The number of carbonyl (C=O) groups is 1. The summed E-state index contributed by atoms with van der Waals surface area (Å²) in [5.41, 5.74) is 5.75. The molecule has 1 aromatic rings. The van der Waals surface area contributed by atoms with Crippen molar-refractivity contribution in [2.75, 3.05) is 19.1 Å². The van der Waals surface area contributed by atoms with E-state index in [0.29, 0.717) is 12.0 Å². The van der Waals surface area contributed by atoms with Gasteiger partial charge in [-0.25, -0.2) is 0 Å². The summed E-state index contributed by atoms with van der Waals surface area (Å²) < 4.78 is 23.4. The van der Waals surface area contributed by atoms with Crippen LogP contribution in [0.25, 0.3) is 0 Å². The zero-order valence-electron chi connectivity index (χ0n) is 22.9. The van der Waals surface area contributed by atoms with Crippen LogP contribution in [-0.2, 0) is 56.8 Å². The first-order valence-corrected chi connectivity index (χ1v) is 12.5. The average molecular weight is 845 g/mol. The van der Waals surface area contributed by atoms with E-state index in [1.54, 1.807) is 13.3 Å². The van der Waals surface area contributed by atoms with Crippen LogP contribution < -0.4 is 10.0 Å². The quantitative estimate of drug-likeness (QED) is 0.254. The van der Waals surface area contributed by atoms with Gasteiger partial charge in [-0.05, 0) is 23.9 Å². The Labute approximate surface area is 237 Å². The van der Waals surface area contributed by atoms with Crippen molar-refractivity contribution in [1.29, 1.82) is 0 Å². The molecule has 0 bridgehead atoms. The van der Waals surface area contributed by atoms with E-state index in [0.717, 1.165) is 23.4 Å². The smallest absolute Gasteiger partial charge is 0.179 e. The molecule has 3 rings (SSSR count). The van der Waals surface area contributed by atoms with Crippen LogP contribution in [0.5, 0.6) is 0 Å². The third-order valence-corrected chi connectivity index (χ3v) is 6.98. The maximum atomic E-state index is 13.6. The zero-order chi connectivity index (χ0) is 26.0. The van der Waals surface area contributed by atoms with Crippen molar-refractivity contribution in [3.05, 3.63) is 59.2 Å². The maximum absolute atomic E-state index is 13.6. The molecule has 0 aromatic carbocycles. The van der Waals surface area contributed by atoms with Gasteiger partial charge >= 0.3 is 0 Å². The molecule has 10 heteroatoms. The van der Waals surface area contributed by atoms with Crippen molar-refractivity contribution in [3.8, 4) is 0 Å². The number of aromatic nitrogens is 1. The van der Waals surface area contributed by atoms with E-state index >= 15 is 0 Å². The number of allylic oxidation sites excluding steroid dienone is 4. The third kappa shape index (κ3) is 7.25. The van der Waals surface area contributed by atoms with Crippen LogP contribution in [0, 0.1) is 31.1 Å². The van der Waals surface area contributed by atoms with Crippen LogP contribution in [0.1, 0.15) is 63.5 Å². The van der Waals surface area contributed by atoms with Gasteiger partial charge in [0.1, 0.15) is 0 Å². The fourth-order valence-corrected chi connectivity index (χ4v) is 5.46. The summed E-state index contributed by atoms with van der Waals surface area (Å²) in [6.07, 6.45) is 5.52. The fraction of sp³-hybridized carbons (Fsp3) is 0.538. The maximum Gasteiger partial charge on any atom is 0.179 e. The number of hydrogen-bond donors (Lipinski definition) is 1. The number of rotatable bonds is 6. The third-order valence-electron chi connectivity index (χ3n) is 6.98. The molecule has 7 nitrogen and oxygen atoms in total. The van der Waals surface area contributed by atoms with Crippen molar-refractivity contribution >= 4 is 22.4 Å². The largest absolute Gasteiger partial charge is 0.409 e. The van der Waals surface area contributed by atoms with Gasteiger partial charge in [0.05, 0.1) is 11.3 Å². The molecule has 1 aromatic heterocycles. The monoisotopic (exact) mass is 844 g/mol. The molecule has 1 radical (unpaired) electrons. The molecule has 1 unspecified atom stereocenters. The second-order valence-electron chi connectivity index (χ2n) is 10.1. The molecule has 2 N–H and O–H groups in total. The summed E-state index contributed by atoms with van der Waals surface area (Å²) in [5.74, 6) is 1.54. The van der Waals surface area contributed by atoms with E-state index in [1.165, 1.54) is 17.1 Å². The molecule has 0 amide bonds. The van der Waals surface area contributed by atoms with E-state index in [4.69, 9.17) is 13.2 Å². The van der Waals surface area contributed by atoms with Gasteiger partial charge in [-0.3, -0.25) is 9.78 Å². The summed E-state index contributed by atoms with van der Waals surface area (Å²) in [4.78, 5) is 20.3. The molecule has 2 aliphatic rings. The van der Waals surface area contributed by atoms with Crippen LogP contribution in [0.2, 0.25) is 0 Å². The van der Waals surface area contributed by atoms with Gasteiger partial charge in [-0.1, -0.05) is 53.0 Å². The van der Waals surface area contributed by atoms with Gasteiger partial charge in [-0.15, -0.1) is 5.92 Å². The van der Waals surface area contributed by atoms with Gasteiger partial charge in [0.15, 0.2) is 5.78 Å². The molecule has 0 aliphatic heterocycles. The average Bonchev–Trinajstić information content (AvgIpc) is 3.22. The Hall–Kier alpha value is -2.06. The first-order valence-electron chi connectivity index (χ1n) is 11.4. The molecular weight excluding hydrogens is 806 g/mol. The predicted octanol–water partition coefficient (Wildman–Crippen LogP) is 4.70. The minimum atomic E-state index is -2.36. The normalized spacial score (nSPS) is 22.2. The van der Waals surface area contributed by atoms with E-state index in [2.05, 4.69) is 69.7 Å². The SMILES string of the molecule is N[S-](=O)=O.[CH2-]C1C[C@@H](N(C)c2cc(C)ncc2C(=O)C2=CC([C-](C)C)=C(C)C2)C(C)(C)[C@@H]1OC.[Rf].[Y]. The molecule has 1 heterocycles. The van der Waals surface area contributed by atoms with Crippen LogP contribution in [0.4, 0.5) is 5.69 Å². The van der Waals surface area contributed by atoms with Gasteiger partial charge in [0.25, 0.3) is 0 Å². The Morgan fingerprint density at radius 3 is 2.31 bits per heavy atom. The summed E-state index contributed by atoms with van der Waals surface area (Å²) >= 11 is 0. The Balaban J connectivity index is 0.00000190. The van der Waals surface area contributed by atoms with Crippen LogP contribution in [0.15, 0.2) is 35.1 Å². The number of Topliss-reactive ketones (excluding diaryl/α,β-unsaturated/α-hetero) is 1. The first kappa shape index (κ1) is 33.9. The molecule has 195 valence electrons. The molecule has 1 saturated carbocycles. The van der Waals surface area contributed by atoms with Crippen molar-refractivity contribution in [3.63, 3.8) is 0 Å². The Bertz CT molecular complexity index is 1060. The number of aryl methyl sites for hydroxylation is 1. The molecule has 1 fully saturated rings. The fourth-order valence-electron chi connectivity index (χ4n) is 5.46. The van der Waals surface area contributed by atoms with E-state index in [-0.39, 0.29) is 62.0 Å². The Morgan fingerprint density at radius 1 is 1.31 bits per heavy atom. The number of anilines is 1. The number of ketones is 1. The number of ether oxygens (including phenoxy) is 1. The number of pyridine rings is 1. The van der Waals surface area contributed by atoms with Crippen molar-refractivity contribution in [2.45, 2.75) is 66.5 Å². The summed E-state index contributed by atoms with van der Waals surface area (Å²) in [5, 5.41) is 4.03. The Kier molecular flexibility index (Phi) is 12.7. The Morgan fingerprint density at radius 2 is 1.86 bits per heavy atom. The van der Waals surface area contributed by atoms with E-state index in [1.807, 2.05) is 13.0 Å². The second-order valence-corrected chi connectivity index (χ2v) is 10.6. The van der Waals surface area contributed by atoms with Crippen LogP contribution in [-0.4, -0.2) is 37.1 Å². The number of nitrogens with zero attached hydrogens (tertiary/aromatic N) is 2. The van der Waals surface area contributed by atoms with Gasteiger partial charge in [-0.2, -0.15) is 23.1 Å². The minimum absolute atomic E-state index is 0. The molecule has 36 heavy (non-hydrogen) atoms. The van der Waals surface area contributed by atoms with Crippen LogP contribution in [0.3, 0.4) is 0 Å². The van der Waals surface area contributed by atoms with E-state index in [9.17, 15) is 4.79 Å². The molecule has 0 spiro atoms. The zero-order valence-corrected chi connectivity index (χ0v) is 32.9. The number of hydrogen-bond acceptors (Lipinski definition) is 7. The minimum Gasteiger partial charge on any atom is -0.409 e. The second kappa shape index (κ2) is 13.5. The number of carbonyl (C=O) groups excluding carboxylic acids is 1. The molecular formula is C26H38N3O4RfSY-3. The summed E-state index contributed by atoms with van der Waals surface area (Å²) in [7, 11) is 1.50. The number of methoxy groups -OCH3 is 1. The van der Waals surface area contributed by atoms with E-state index < -0.39 is 10.9 Å². The predicted molar refractivity (Wildman–Crippen MR) is 136 cm³/mol. The molecule has 3 atom stereocenters. The topological polar surface area (TPSA) is 103 Å².